The predicted octanol–water partition coefficient (Wildman–Crippen LogP) is 1.98. The molecule has 14 heavy (non-hydrogen) atoms. The van der Waals surface area contributed by atoms with Gasteiger partial charge in [-0.1, -0.05) is 12.2 Å². The van der Waals surface area contributed by atoms with Crippen LogP contribution in [0.15, 0.2) is 18.3 Å². The van der Waals surface area contributed by atoms with Gasteiger partial charge < -0.3 is 9.88 Å². The number of amides is 1. The van der Waals surface area contributed by atoms with Crippen molar-refractivity contribution < 1.29 is 4.79 Å². The molecule has 1 amide bonds. The van der Waals surface area contributed by atoms with Crippen molar-refractivity contribution in [3.05, 3.63) is 28.5 Å². The summed E-state index contributed by atoms with van der Waals surface area (Å²) in [4.78, 5) is 16.6. The van der Waals surface area contributed by atoms with Crippen molar-refractivity contribution in [2.24, 2.45) is 0 Å². The van der Waals surface area contributed by atoms with E-state index in [0.29, 0.717) is 10.2 Å². The van der Waals surface area contributed by atoms with Crippen molar-refractivity contribution in [2.75, 3.05) is 13.1 Å². The fourth-order valence-electron chi connectivity index (χ4n) is 1.65. The van der Waals surface area contributed by atoms with Gasteiger partial charge in [0.05, 0.1) is 5.56 Å². The smallest absolute Gasteiger partial charge is 0.255 e. The lowest BCUT2D eigenvalue weighted by Gasteiger charge is -2.14. The standard InChI is InChI=1S/C10H12N2OS/c13-10(12-5-1-2-6-12)8-3-4-9(14)11-7-8/h3-4,7H,1-2,5-6H2,(H,11,14). The zero-order valence-electron chi connectivity index (χ0n) is 7.82. The Morgan fingerprint density at radius 3 is 2.64 bits per heavy atom. The number of carbonyl (C=O) groups excluding carboxylic acids is 1. The van der Waals surface area contributed by atoms with E-state index in [1.54, 1.807) is 18.3 Å². The first kappa shape index (κ1) is 9.40. The van der Waals surface area contributed by atoms with Gasteiger partial charge in [0.2, 0.25) is 0 Å². The Bertz CT molecular complexity index is 373. The van der Waals surface area contributed by atoms with Crippen molar-refractivity contribution in [1.29, 1.82) is 0 Å². The minimum Gasteiger partial charge on any atom is -0.352 e. The quantitative estimate of drug-likeness (QED) is 0.716. The molecule has 1 saturated heterocycles. The summed E-state index contributed by atoms with van der Waals surface area (Å²) < 4.78 is 0.656. The summed E-state index contributed by atoms with van der Waals surface area (Å²) in [5, 5.41) is 0. The molecule has 0 saturated carbocycles. The molecule has 0 unspecified atom stereocenters. The van der Waals surface area contributed by atoms with Crippen LogP contribution in [-0.2, 0) is 0 Å². The second kappa shape index (κ2) is 3.92. The number of aromatic nitrogens is 1. The summed E-state index contributed by atoms with van der Waals surface area (Å²) in [5.41, 5.74) is 0.695. The van der Waals surface area contributed by atoms with Crippen molar-refractivity contribution in [2.45, 2.75) is 12.8 Å². The summed E-state index contributed by atoms with van der Waals surface area (Å²) >= 11 is 4.91. The molecule has 0 spiro atoms. The molecular weight excluding hydrogens is 196 g/mol. The molecule has 1 fully saturated rings. The monoisotopic (exact) mass is 208 g/mol. The van der Waals surface area contributed by atoms with Crippen LogP contribution in [0.5, 0.6) is 0 Å². The topological polar surface area (TPSA) is 36.1 Å². The van der Waals surface area contributed by atoms with Gasteiger partial charge in [0.15, 0.2) is 0 Å². The molecule has 1 aliphatic rings. The Kier molecular flexibility index (Phi) is 2.63. The van der Waals surface area contributed by atoms with E-state index in [1.165, 1.54) is 0 Å². The average Bonchev–Trinajstić information content (AvgIpc) is 2.71. The fraction of sp³-hybridized carbons (Fsp3) is 0.400. The third-order valence-electron chi connectivity index (χ3n) is 2.42. The number of nitrogens with zero attached hydrogens (tertiary/aromatic N) is 1. The SMILES string of the molecule is O=C(c1ccc(=S)[nH]c1)N1CCCC1. The Labute approximate surface area is 87.8 Å². The predicted molar refractivity (Wildman–Crippen MR) is 56.8 cm³/mol. The number of likely N-dealkylation sites (tertiary alicyclic amines) is 1. The molecule has 4 heteroatoms. The summed E-state index contributed by atoms with van der Waals surface area (Å²) in [7, 11) is 0. The zero-order valence-corrected chi connectivity index (χ0v) is 8.64. The van der Waals surface area contributed by atoms with E-state index in [1.807, 2.05) is 4.90 Å². The molecule has 1 N–H and O–H groups in total. The number of H-pyrrole nitrogens is 1. The van der Waals surface area contributed by atoms with Crippen LogP contribution < -0.4 is 0 Å². The molecule has 0 radical (unpaired) electrons. The van der Waals surface area contributed by atoms with Gasteiger partial charge in [0.25, 0.3) is 5.91 Å². The van der Waals surface area contributed by atoms with Gasteiger partial charge in [0, 0.05) is 19.3 Å². The zero-order chi connectivity index (χ0) is 9.97. The van der Waals surface area contributed by atoms with E-state index in [-0.39, 0.29) is 5.91 Å². The highest BCUT2D eigenvalue weighted by Crippen LogP contribution is 2.11. The van der Waals surface area contributed by atoms with Crippen LogP contribution in [0.25, 0.3) is 0 Å². The van der Waals surface area contributed by atoms with Crippen molar-refractivity contribution >= 4 is 18.1 Å². The summed E-state index contributed by atoms with van der Waals surface area (Å²) in [6.45, 7) is 1.77. The van der Waals surface area contributed by atoms with Crippen molar-refractivity contribution in [3.63, 3.8) is 0 Å². The lowest BCUT2D eigenvalue weighted by Crippen LogP contribution is -2.27. The maximum atomic E-state index is 11.8. The molecule has 1 aromatic heterocycles. The van der Waals surface area contributed by atoms with E-state index >= 15 is 0 Å². The molecule has 0 atom stereocenters. The van der Waals surface area contributed by atoms with Gasteiger partial charge in [-0.2, -0.15) is 0 Å². The van der Waals surface area contributed by atoms with E-state index in [9.17, 15) is 4.79 Å². The van der Waals surface area contributed by atoms with Gasteiger partial charge in [-0.25, -0.2) is 0 Å². The Balaban J connectivity index is 2.18. The summed E-state index contributed by atoms with van der Waals surface area (Å²) in [6.07, 6.45) is 3.92. The highest BCUT2D eigenvalue weighted by molar-refractivity contribution is 7.71. The normalized spacial score (nSPS) is 15.9. The van der Waals surface area contributed by atoms with E-state index < -0.39 is 0 Å². The average molecular weight is 208 g/mol. The van der Waals surface area contributed by atoms with Crippen LogP contribution in [0.2, 0.25) is 0 Å². The van der Waals surface area contributed by atoms with Crippen LogP contribution in [0, 0.1) is 4.64 Å². The lowest BCUT2D eigenvalue weighted by molar-refractivity contribution is 0.0792. The number of rotatable bonds is 1. The van der Waals surface area contributed by atoms with Crippen LogP contribution in [-0.4, -0.2) is 28.9 Å². The highest BCUT2D eigenvalue weighted by Gasteiger charge is 2.18. The van der Waals surface area contributed by atoms with Gasteiger partial charge in [-0.05, 0) is 25.0 Å². The second-order valence-corrected chi connectivity index (χ2v) is 3.88. The first-order valence-electron chi connectivity index (χ1n) is 4.75. The number of carbonyl (C=O) groups is 1. The minimum absolute atomic E-state index is 0.105. The number of hydrogen-bond donors (Lipinski definition) is 1. The molecule has 0 aliphatic carbocycles. The van der Waals surface area contributed by atoms with Gasteiger partial charge in [-0.15, -0.1) is 0 Å². The second-order valence-electron chi connectivity index (χ2n) is 3.44. The van der Waals surface area contributed by atoms with Crippen LogP contribution in [0.1, 0.15) is 23.2 Å². The first-order chi connectivity index (χ1) is 6.77. The Hall–Kier alpha value is -1.16. The number of pyridine rings is 1. The minimum atomic E-state index is 0.105. The highest BCUT2D eigenvalue weighted by atomic mass is 32.1. The van der Waals surface area contributed by atoms with Crippen LogP contribution >= 0.6 is 12.2 Å². The van der Waals surface area contributed by atoms with Gasteiger partial charge in [0.1, 0.15) is 4.64 Å². The van der Waals surface area contributed by atoms with E-state index in [4.69, 9.17) is 12.2 Å². The van der Waals surface area contributed by atoms with E-state index in [0.717, 1.165) is 25.9 Å². The largest absolute Gasteiger partial charge is 0.352 e. The van der Waals surface area contributed by atoms with Crippen molar-refractivity contribution in [1.82, 2.24) is 9.88 Å². The third-order valence-corrected chi connectivity index (χ3v) is 2.68. The Morgan fingerprint density at radius 1 is 1.36 bits per heavy atom. The third kappa shape index (κ3) is 1.85. The van der Waals surface area contributed by atoms with Crippen molar-refractivity contribution in [3.8, 4) is 0 Å². The number of aromatic amines is 1. The molecular formula is C10H12N2OS. The molecule has 2 heterocycles. The molecule has 2 rings (SSSR count). The fourth-order valence-corrected chi connectivity index (χ4v) is 1.77. The van der Waals surface area contributed by atoms with Gasteiger partial charge in [-0.3, -0.25) is 4.79 Å². The Morgan fingerprint density at radius 2 is 2.07 bits per heavy atom. The molecule has 74 valence electrons. The summed E-state index contributed by atoms with van der Waals surface area (Å²) in [6, 6.07) is 3.53. The van der Waals surface area contributed by atoms with Gasteiger partial charge >= 0.3 is 0 Å². The summed E-state index contributed by atoms with van der Waals surface area (Å²) in [5.74, 6) is 0.105. The first-order valence-corrected chi connectivity index (χ1v) is 5.16. The lowest BCUT2D eigenvalue weighted by atomic mass is 10.2. The van der Waals surface area contributed by atoms with E-state index in [2.05, 4.69) is 4.98 Å². The maximum Gasteiger partial charge on any atom is 0.255 e. The molecule has 0 bridgehead atoms. The van der Waals surface area contributed by atoms with Crippen LogP contribution in [0.4, 0.5) is 0 Å². The number of hydrogen-bond acceptors (Lipinski definition) is 2. The molecule has 1 aromatic rings. The van der Waals surface area contributed by atoms with Crippen LogP contribution in [0.3, 0.4) is 0 Å². The maximum absolute atomic E-state index is 11.8. The molecule has 1 aliphatic heterocycles. The number of nitrogens with one attached hydrogen (secondary N) is 1. The molecule has 3 nitrogen and oxygen atoms in total. The molecule has 0 aromatic carbocycles.